The molecule has 3 rings (SSSR count). The fourth-order valence-corrected chi connectivity index (χ4v) is 2.80. The number of nitrogens with zero attached hydrogens (tertiary/aromatic N) is 1. The first-order valence-corrected chi connectivity index (χ1v) is 9.06. The lowest BCUT2D eigenvalue weighted by molar-refractivity contribution is -0.274. The number of alkyl halides is 3. The first kappa shape index (κ1) is 22.6. The van der Waals surface area contributed by atoms with Crippen LogP contribution in [0, 0.1) is 0 Å². The molecule has 1 heterocycles. The van der Waals surface area contributed by atoms with Crippen LogP contribution < -0.4 is 21.1 Å². The molecule has 0 spiro atoms. The van der Waals surface area contributed by atoms with Crippen molar-refractivity contribution in [3.8, 4) is 5.75 Å². The van der Waals surface area contributed by atoms with Crippen LogP contribution >= 0.6 is 0 Å². The number of carbonyl (C=O) groups is 2. The van der Waals surface area contributed by atoms with Gasteiger partial charge in [-0.05, 0) is 54.1 Å². The van der Waals surface area contributed by atoms with Crippen LogP contribution in [0.15, 0.2) is 71.7 Å². The summed E-state index contributed by atoms with van der Waals surface area (Å²) in [6.45, 7) is 0.116. The number of amides is 2. The summed E-state index contributed by atoms with van der Waals surface area (Å²) in [5.41, 5.74) is 1.83. The second-order valence-corrected chi connectivity index (χ2v) is 6.52. The van der Waals surface area contributed by atoms with Crippen LogP contribution in [0.1, 0.15) is 26.3 Å². The van der Waals surface area contributed by atoms with E-state index >= 15 is 0 Å². The van der Waals surface area contributed by atoms with Crippen molar-refractivity contribution in [2.45, 2.75) is 12.9 Å². The quantitative estimate of drug-likeness (QED) is 0.397. The number of carbonyl (C=O) groups excluding carboxylic acids is 2. The number of nitrogens with one attached hydrogen (secondary N) is 2. The summed E-state index contributed by atoms with van der Waals surface area (Å²) in [6.07, 6.45) is -3.35. The minimum atomic E-state index is -4.83. The number of hydroxylamine groups is 1. The van der Waals surface area contributed by atoms with Crippen molar-refractivity contribution in [3.05, 3.63) is 93.9 Å². The van der Waals surface area contributed by atoms with Gasteiger partial charge in [0.15, 0.2) is 0 Å². The molecule has 3 N–H and O–H groups in total. The van der Waals surface area contributed by atoms with Gasteiger partial charge >= 0.3 is 6.36 Å². The largest absolute Gasteiger partial charge is 0.573 e. The Morgan fingerprint density at radius 2 is 1.62 bits per heavy atom. The summed E-state index contributed by atoms with van der Waals surface area (Å²) < 4.78 is 41.7. The Balaban J connectivity index is 1.72. The van der Waals surface area contributed by atoms with E-state index in [1.54, 1.807) is 12.1 Å². The highest BCUT2D eigenvalue weighted by Crippen LogP contribution is 2.24. The van der Waals surface area contributed by atoms with Gasteiger partial charge in [-0.3, -0.25) is 19.6 Å². The van der Waals surface area contributed by atoms with Gasteiger partial charge < -0.3 is 14.6 Å². The van der Waals surface area contributed by atoms with Gasteiger partial charge in [0.2, 0.25) is 0 Å². The smallest absolute Gasteiger partial charge is 0.406 e. The fourth-order valence-electron chi connectivity index (χ4n) is 2.80. The third-order valence-electron chi connectivity index (χ3n) is 4.28. The van der Waals surface area contributed by atoms with Gasteiger partial charge in [0.05, 0.1) is 6.54 Å². The number of halogens is 3. The van der Waals surface area contributed by atoms with Crippen LogP contribution in [0.3, 0.4) is 0 Å². The number of ether oxygens (including phenoxy) is 1. The Morgan fingerprint density at radius 3 is 2.22 bits per heavy atom. The highest BCUT2D eigenvalue weighted by Gasteiger charge is 2.31. The molecule has 11 heteroatoms. The van der Waals surface area contributed by atoms with E-state index in [1.165, 1.54) is 52.6 Å². The molecule has 0 aliphatic heterocycles. The maximum atomic E-state index is 12.7. The Bertz CT molecular complexity index is 1170. The van der Waals surface area contributed by atoms with Crippen molar-refractivity contribution < 1.29 is 32.7 Å². The van der Waals surface area contributed by atoms with Gasteiger partial charge in [-0.2, -0.15) is 0 Å². The first-order chi connectivity index (χ1) is 15.2. The van der Waals surface area contributed by atoms with Crippen LogP contribution in [0.25, 0.3) is 0 Å². The van der Waals surface area contributed by atoms with Crippen molar-refractivity contribution in [3.63, 3.8) is 0 Å². The van der Waals surface area contributed by atoms with Crippen molar-refractivity contribution >= 4 is 17.5 Å². The van der Waals surface area contributed by atoms with Crippen LogP contribution in [0.4, 0.5) is 18.9 Å². The standard InChI is InChI=1S/C21H16F3N3O5/c22-21(23,24)32-16-9-7-15(8-10-16)25-19(29)17-2-1-11-27(20(17)30)12-13-3-5-14(6-4-13)18(28)26-31/h1-11,31H,12H2,(H,25,29)(H,26,28). The van der Waals surface area contributed by atoms with E-state index < -0.39 is 29.5 Å². The number of pyridine rings is 1. The van der Waals surface area contributed by atoms with E-state index in [0.29, 0.717) is 5.56 Å². The summed E-state index contributed by atoms with van der Waals surface area (Å²) in [5.74, 6) is -1.85. The van der Waals surface area contributed by atoms with Crippen molar-refractivity contribution in [2.75, 3.05) is 5.32 Å². The van der Waals surface area contributed by atoms with Crippen LogP contribution in [-0.4, -0.2) is 28.0 Å². The third kappa shape index (κ3) is 5.73. The second-order valence-electron chi connectivity index (χ2n) is 6.52. The van der Waals surface area contributed by atoms with Crippen LogP contribution in [-0.2, 0) is 6.54 Å². The molecule has 0 atom stereocenters. The molecule has 0 saturated carbocycles. The van der Waals surface area contributed by atoms with E-state index in [-0.39, 0.29) is 23.4 Å². The van der Waals surface area contributed by atoms with Crippen LogP contribution in [0.5, 0.6) is 5.75 Å². The van der Waals surface area contributed by atoms with Gasteiger partial charge in [-0.1, -0.05) is 12.1 Å². The fraction of sp³-hybridized carbons (Fsp3) is 0.0952. The SMILES string of the molecule is O=C(NO)c1ccc(Cn2cccc(C(=O)Nc3ccc(OC(F)(F)F)cc3)c2=O)cc1. The number of anilines is 1. The predicted octanol–water partition coefficient (Wildman–Crippen LogP) is 3.17. The summed E-state index contributed by atoms with van der Waals surface area (Å²) >= 11 is 0. The molecule has 166 valence electrons. The molecule has 0 aliphatic carbocycles. The lowest BCUT2D eigenvalue weighted by Gasteiger charge is -2.11. The molecule has 0 saturated heterocycles. The molecule has 2 amide bonds. The molecule has 0 fully saturated rings. The Hall–Kier alpha value is -4.12. The Labute approximate surface area is 178 Å². The van der Waals surface area contributed by atoms with E-state index in [2.05, 4.69) is 10.1 Å². The van der Waals surface area contributed by atoms with E-state index in [0.717, 1.165) is 12.1 Å². The second kappa shape index (κ2) is 9.35. The molecule has 0 bridgehead atoms. The molecular weight excluding hydrogens is 431 g/mol. The average Bonchev–Trinajstić information content (AvgIpc) is 2.75. The number of hydrogen-bond donors (Lipinski definition) is 3. The number of benzene rings is 2. The highest BCUT2D eigenvalue weighted by atomic mass is 19.4. The zero-order valence-electron chi connectivity index (χ0n) is 16.2. The summed E-state index contributed by atoms with van der Waals surface area (Å²) in [6, 6.07) is 13.4. The van der Waals surface area contributed by atoms with Gasteiger partial charge in [-0.25, -0.2) is 5.48 Å². The van der Waals surface area contributed by atoms with E-state index in [9.17, 15) is 27.6 Å². The molecule has 0 unspecified atom stereocenters. The average molecular weight is 447 g/mol. The van der Waals surface area contributed by atoms with Crippen molar-refractivity contribution in [2.24, 2.45) is 0 Å². The van der Waals surface area contributed by atoms with Gasteiger partial charge in [-0.15, -0.1) is 13.2 Å². The Kier molecular flexibility index (Phi) is 6.59. The Morgan fingerprint density at radius 1 is 0.969 bits per heavy atom. The maximum absolute atomic E-state index is 12.7. The monoisotopic (exact) mass is 447 g/mol. The molecular formula is C21H16F3N3O5. The van der Waals surface area contributed by atoms with Crippen LogP contribution in [0.2, 0.25) is 0 Å². The molecule has 0 radical (unpaired) electrons. The van der Waals surface area contributed by atoms with Gasteiger partial charge in [0.25, 0.3) is 17.4 Å². The topological polar surface area (TPSA) is 110 Å². The lowest BCUT2D eigenvalue weighted by Crippen LogP contribution is -2.29. The van der Waals surface area contributed by atoms with Gasteiger partial charge in [0, 0.05) is 17.4 Å². The van der Waals surface area contributed by atoms with Crippen molar-refractivity contribution in [1.82, 2.24) is 10.0 Å². The van der Waals surface area contributed by atoms with E-state index in [4.69, 9.17) is 5.21 Å². The molecule has 1 aromatic heterocycles. The van der Waals surface area contributed by atoms with Crippen molar-refractivity contribution in [1.29, 1.82) is 0 Å². The highest BCUT2D eigenvalue weighted by molar-refractivity contribution is 6.04. The summed E-state index contributed by atoms with van der Waals surface area (Å²) in [4.78, 5) is 36.6. The zero-order valence-corrected chi connectivity index (χ0v) is 16.2. The van der Waals surface area contributed by atoms with E-state index in [1.807, 2.05) is 0 Å². The molecule has 0 aliphatic rings. The molecule has 8 nitrogen and oxygen atoms in total. The summed E-state index contributed by atoms with van der Waals surface area (Å²) in [5, 5.41) is 11.1. The molecule has 3 aromatic rings. The lowest BCUT2D eigenvalue weighted by atomic mass is 10.1. The first-order valence-electron chi connectivity index (χ1n) is 9.06. The molecule has 2 aromatic carbocycles. The van der Waals surface area contributed by atoms with Gasteiger partial charge in [0.1, 0.15) is 11.3 Å². The minimum absolute atomic E-state index is 0.116. The summed E-state index contributed by atoms with van der Waals surface area (Å²) in [7, 11) is 0. The predicted molar refractivity (Wildman–Crippen MR) is 107 cm³/mol. The number of aromatic nitrogens is 1. The normalized spacial score (nSPS) is 11.0. The number of rotatable bonds is 6. The minimum Gasteiger partial charge on any atom is -0.406 e. The zero-order chi connectivity index (χ0) is 23.3. The maximum Gasteiger partial charge on any atom is 0.573 e. The third-order valence-corrected chi connectivity index (χ3v) is 4.28. The molecule has 32 heavy (non-hydrogen) atoms. The number of hydrogen-bond acceptors (Lipinski definition) is 5.